The second-order valence-corrected chi connectivity index (χ2v) is 5.71. The van der Waals surface area contributed by atoms with Crippen molar-refractivity contribution in [3.05, 3.63) is 58.6 Å². The predicted molar refractivity (Wildman–Crippen MR) is 93.9 cm³/mol. The molecule has 0 spiro atoms. The van der Waals surface area contributed by atoms with Crippen LogP contribution in [0.4, 0.5) is 0 Å². The number of hydrogen-bond acceptors (Lipinski definition) is 0. The summed E-state index contributed by atoms with van der Waals surface area (Å²) < 4.78 is 1.18. The minimum absolute atomic E-state index is 1.18. The molecule has 0 fully saturated rings. The van der Waals surface area contributed by atoms with Crippen molar-refractivity contribution in [3.8, 4) is 0 Å². The van der Waals surface area contributed by atoms with Crippen molar-refractivity contribution in [3.63, 3.8) is 0 Å². The summed E-state index contributed by atoms with van der Waals surface area (Å²) in [5.74, 6) is 0. The Kier molecular flexibility index (Phi) is 3.39. The van der Waals surface area contributed by atoms with Gasteiger partial charge in [-0.25, -0.2) is 0 Å². The SMILES string of the molecule is CC.Cc1ccc2ccc3cccc4c(Br)cc1c2c34. The largest absolute Gasteiger partial charge is 0.0683 e. The maximum Gasteiger partial charge on any atom is 0.0260 e. The van der Waals surface area contributed by atoms with E-state index < -0.39 is 0 Å². The molecule has 0 aliphatic carbocycles. The van der Waals surface area contributed by atoms with Gasteiger partial charge in [0.2, 0.25) is 0 Å². The zero-order valence-corrected chi connectivity index (χ0v) is 13.6. The maximum absolute atomic E-state index is 3.71. The Hall–Kier alpha value is -1.60. The first-order valence-corrected chi connectivity index (χ1v) is 7.87. The van der Waals surface area contributed by atoms with E-state index in [0.717, 1.165) is 0 Å². The van der Waals surface area contributed by atoms with Gasteiger partial charge >= 0.3 is 0 Å². The summed E-state index contributed by atoms with van der Waals surface area (Å²) in [5.41, 5.74) is 1.33. The lowest BCUT2D eigenvalue weighted by Crippen LogP contribution is -1.86. The topological polar surface area (TPSA) is 0 Å². The first kappa shape index (κ1) is 13.4. The fourth-order valence-electron chi connectivity index (χ4n) is 2.92. The van der Waals surface area contributed by atoms with Crippen molar-refractivity contribution in [1.82, 2.24) is 0 Å². The summed E-state index contributed by atoms with van der Waals surface area (Å²) in [4.78, 5) is 0. The molecule has 0 aromatic heterocycles. The average Bonchev–Trinajstić information content (AvgIpc) is 2.50. The fraction of sp³-hybridized carbons (Fsp3) is 0.158. The standard InChI is InChI=1S/C17H11Br.C2H6/c1-10-5-6-12-8-7-11-3-2-4-13-15(18)9-14(10)17(12)16(11)13;1-2/h2-9H,1H3;1-2H3. The molecule has 20 heavy (non-hydrogen) atoms. The van der Waals surface area contributed by atoms with E-state index in [0.29, 0.717) is 0 Å². The van der Waals surface area contributed by atoms with Crippen LogP contribution >= 0.6 is 15.9 Å². The van der Waals surface area contributed by atoms with Gasteiger partial charge in [-0.2, -0.15) is 0 Å². The number of rotatable bonds is 0. The average molecular weight is 325 g/mol. The third kappa shape index (κ3) is 1.81. The molecule has 0 heterocycles. The van der Waals surface area contributed by atoms with E-state index in [9.17, 15) is 0 Å². The molecule has 0 aliphatic heterocycles. The van der Waals surface area contributed by atoms with Crippen LogP contribution in [0.15, 0.2) is 53.0 Å². The van der Waals surface area contributed by atoms with Crippen LogP contribution < -0.4 is 0 Å². The molecule has 0 atom stereocenters. The summed E-state index contributed by atoms with van der Waals surface area (Å²) in [7, 11) is 0. The van der Waals surface area contributed by atoms with Crippen molar-refractivity contribution in [2.45, 2.75) is 20.8 Å². The van der Waals surface area contributed by atoms with Gasteiger partial charge in [0.25, 0.3) is 0 Å². The second-order valence-electron chi connectivity index (χ2n) is 4.86. The lowest BCUT2D eigenvalue weighted by atomic mass is 9.92. The third-order valence-electron chi connectivity index (χ3n) is 3.81. The van der Waals surface area contributed by atoms with Gasteiger partial charge in [-0.3, -0.25) is 0 Å². The zero-order chi connectivity index (χ0) is 14.3. The van der Waals surface area contributed by atoms with Gasteiger partial charge in [0.15, 0.2) is 0 Å². The van der Waals surface area contributed by atoms with Crippen molar-refractivity contribution < 1.29 is 0 Å². The van der Waals surface area contributed by atoms with Crippen molar-refractivity contribution >= 4 is 48.2 Å². The smallest absolute Gasteiger partial charge is 0.0260 e. The minimum atomic E-state index is 1.18. The molecular weight excluding hydrogens is 308 g/mol. The summed E-state index contributed by atoms with van der Waals surface area (Å²) in [6.45, 7) is 6.18. The normalized spacial score (nSPS) is 11.0. The van der Waals surface area contributed by atoms with Crippen LogP contribution in [-0.4, -0.2) is 0 Å². The highest BCUT2D eigenvalue weighted by Gasteiger charge is 2.11. The van der Waals surface area contributed by atoms with Crippen molar-refractivity contribution in [1.29, 1.82) is 0 Å². The highest BCUT2D eigenvalue weighted by atomic mass is 79.9. The lowest BCUT2D eigenvalue weighted by molar-refractivity contribution is 1.50. The van der Waals surface area contributed by atoms with E-state index >= 15 is 0 Å². The second kappa shape index (κ2) is 5.06. The Bertz CT molecular complexity index is 875. The third-order valence-corrected chi connectivity index (χ3v) is 4.47. The Morgan fingerprint density at radius 2 is 1.35 bits per heavy atom. The highest BCUT2D eigenvalue weighted by Crippen LogP contribution is 2.39. The first-order valence-electron chi connectivity index (χ1n) is 7.08. The predicted octanol–water partition coefficient (Wildman–Crippen LogP) is 6.68. The molecular formula is C19H17Br. The summed E-state index contributed by atoms with van der Waals surface area (Å²) in [5, 5.41) is 8.07. The van der Waals surface area contributed by atoms with Crippen LogP contribution in [0.25, 0.3) is 32.3 Å². The zero-order valence-electron chi connectivity index (χ0n) is 12.0. The van der Waals surface area contributed by atoms with Gasteiger partial charge in [-0.15, -0.1) is 0 Å². The number of hydrogen-bond donors (Lipinski definition) is 0. The van der Waals surface area contributed by atoms with Crippen LogP contribution in [-0.2, 0) is 0 Å². The molecule has 0 saturated carbocycles. The molecule has 0 radical (unpaired) electrons. The van der Waals surface area contributed by atoms with Crippen LogP contribution in [0.2, 0.25) is 0 Å². The van der Waals surface area contributed by atoms with Gasteiger partial charge < -0.3 is 0 Å². The van der Waals surface area contributed by atoms with Gasteiger partial charge in [-0.05, 0) is 50.9 Å². The van der Waals surface area contributed by atoms with Gasteiger partial charge in [0.1, 0.15) is 0 Å². The number of aryl methyl sites for hydroxylation is 1. The van der Waals surface area contributed by atoms with E-state index in [2.05, 4.69) is 71.4 Å². The van der Waals surface area contributed by atoms with Crippen LogP contribution in [0.3, 0.4) is 0 Å². The summed E-state index contributed by atoms with van der Waals surface area (Å²) in [6.07, 6.45) is 0. The number of halogens is 1. The molecule has 4 rings (SSSR count). The fourth-order valence-corrected chi connectivity index (χ4v) is 3.47. The maximum atomic E-state index is 3.71. The highest BCUT2D eigenvalue weighted by molar-refractivity contribution is 9.10. The summed E-state index contributed by atoms with van der Waals surface area (Å²) >= 11 is 3.71. The molecule has 0 unspecified atom stereocenters. The summed E-state index contributed by atoms with van der Waals surface area (Å²) in [6, 6.07) is 17.6. The lowest BCUT2D eigenvalue weighted by Gasteiger charge is -2.13. The Labute approximate surface area is 127 Å². The van der Waals surface area contributed by atoms with E-state index in [-0.39, 0.29) is 0 Å². The van der Waals surface area contributed by atoms with E-state index in [1.54, 1.807) is 0 Å². The van der Waals surface area contributed by atoms with Gasteiger partial charge in [-0.1, -0.05) is 72.2 Å². The quantitative estimate of drug-likeness (QED) is 0.316. The Morgan fingerprint density at radius 3 is 2.10 bits per heavy atom. The van der Waals surface area contributed by atoms with Crippen LogP contribution in [0.5, 0.6) is 0 Å². The monoisotopic (exact) mass is 324 g/mol. The molecule has 0 amide bonds. The van der Waals surface area contributed by atoms with Crippen LogP contribution in [0, 0.1) is 6.92 Å². The van der Waals surface area contributed by atoms with E-state index in [1.807, 2.05) is 13.8 Å². The molecule has 0 N–H and O–H groups in total. The molecule has 0 aliphatic rings. The van der Waals surface area contributed by atoms with Crippen LogP contribution in [0.1, 0.15) is 19.4 Å². The van der Waals surface area contributed by atoms with E-state index in [4.69, 9.17) is 0 Å². The molecule has 1 heteroatoms. The minimum Gasteiger partial charge on any atom is -0.0683 e. The van der Waals surface area contributed by atoms with Gasteiger partial charge in [0, 0.05) is 4.47 Å². The molecule has 0 bridgehead atoms. The molecule has 4 aromatic carbocycles. The van der Waals surface area contributed by atoms with Crippen molar-refractivity contribution in [2.75, 3.05) is 0 Å². The van der Waals surface area contributed by atoms with E-state index in [1.165, 1.54) is 42.4 Å². The molecule has 0 nitrogen and oxygen atoms in total. The number of benzene rings is 4. The first-order chi connectivity index (χ1) is 9.75. The van der Waals surface area contributed by atoms with Gasteiger partial charge in [0.05, 0.1) is 0 Å². The molecule has 0 saturated heterocycles. The Morgan fingerprint density at radius 1 is 0.750 bits per heavy atom. The molecule has 100 valence electrons. The van der Waals surface area contributed by atoms with Crippen molar-refractivity contribution in [2.24, 2.45) is 0 Å². The Balaban J connectivity index is 0.000000581. The molecule has 4 aromatic rings.